The van der Waals surface area contributed by atoms with E-state index in [1.54, 1.807) is 12.1 Å². The van der Waals surface area contributed by atoms with Crippen LogP contribution in [0.2, 0.25) is 0 Å². The molecule has 0 bridgehead atoms. The molecule has 0 aliphatic carbocycles. The second-order valence-electron chi connectivity index (χ2n) is 4.14. The Morgan fingerprint density at radius 3 is 2.78 bits per heavy atom. The number of halogens is 2. The number of hydrogen-bond donors (Lipinski definition) is 1. The Balaban J connectivity index is 1.98. The fourth-order valence-corrected chi connectivity index (χ4v) is 2.16. The molecule has 0 amide bonds. The third-order valence-electron chi connectivity index (χ3n) is 2.81. The average Bonchev–Trinajstić information content (AvgIpc) is 2.65. The highest BCUT2D eigenvalue weighted by Gasteiger charge is 2.09. The van der Waals surface area contributed by atoms with Gasteiger partial charge in [-0.15, -0.1) is 0 Å². The van der Waals surface area contributed by atoms with Crippen LogP contribution in [-0.2, 0) is 13.1 Å². The van der Waals surface area contributed by atoms with Crippen LogP contribution in [-0.4, -0.2) is 5.16 Å². The lowest BCUT2D eigenvalue weighted by atomic mass is 10.2. The first kappa shape index (κ1) is 13.2. The number of nitrogens with zero attached hydrogens (tertiary/aromatic N) is 1. The van der Waals surface area contributed by atoms with Gasteiger partial charge in [0.05, 0.1) is 5.69 Å². The lowest BCUT2D eigenvalue weighted by Crippen LogP contribution is -2.14. The molecule has 0 atom stereocenters. The van der Waals surface area contributed by atoms with Gasteiger partial charge in [-0.3, -0.25) is 0 Å². The van der Waals surface area contributed by atoms with Crippen LogP contribution < -0.4 is 5.32 Å². The van der Waals surface area contributed by atoms with E-state index < -0.39 is 0 Å². The average molecular weight is 313 g/mol. The summed E-state index contributed by atoms with van der Waals surface area (Å²) in [6.07, 6.45) is 0. The van der Waals surface area contributed by atoms with Gasteiger partial charge < -0.3 is 9.84 Å². The first-order valence-electron chi connectivity index (χ1n) is 5.64. The number of hydrogen-bond acceptors (Lipinski definition) is 3. The zero-order valence-corrected chi connectivity index (χ0v) is 11.8. The Labute approximate surface area is 113 Å². The minimum atomic E-state index is -0.204. The van der Waals surface area contributed by atoms with Gasteiger partial charge in [0.15, 0.2) is 0 Å². The fourth-order valence-electron chi connectivity index (χ4n) is 1.76. The summed E-state index contributed by atoms with van der Waals surface area (Å²) in [5, 5.41) is 7.07. The number of aryl methyl sites for hydroxylation is 2. The first-order valence-corrected chi connectivity index (χ1v) is 6.43. The van der Waals surface area contributed by atoms with E-state index in [0.29, 0.717) is 18.7 Å². The van der Waals surface area contributed by atoms with E-state index in [2.05, 4.69) is 26.4 Å². The zero-order valence-electron chi connectivity index (χ0n) is 10.3. The molecule has 5 heteroatoms. The summed E-state index contributed by atoms with van der Waals surface area (Å²) in [6.45, 7) is 4.85. The van der Waals surface area contributed by atoms with Crippen molar-refractivity contribution < 1.29 is 8.91 Å². The zero-order chi connectivity index (χ0) is 13.1. The van der Waals surface area contributed by atoms with Crippen molar-refractivity contribution >= 4 is 15.9 Å². The van der Waals surface area contributed by atoms with Gasteiger partial charge in [0.25, 0.3) is 0 Å². The topological polar surface area (TPSA) is 38.1 Å². The van der Waals surface area contributed by atoms with Gasteiger partial charge in [0.2, 0.25) is 0 Å². The quantitative estimate of drug-likeness (QED) is 0.939. The van der Waals surface area contributed by atoms with Gasteiger partial charge in [-0.05, 0) is 32.0 Å². The van der Waals surface area contributed by atoms with E-state index in [-0.39, 0.29) is 5.82 Å². The second kappa shape index (κ2) is 5.63. The van der Waals surface area contributed by atoms with Crippen LogP contribution in [0.5, 0.6) is 0 Å². The highest BCUT2D eigenvalue weighted by atomic mass is 79.9. The molecule has 0 fully saturated rings. The van der Waals surface area contributed by atoms with Gasteiger partial charge in [-0.2, -0.15) is 0 Å². The standard InChI is InChI=1S/C13H14BrFN2O/c1-8-12(9(2)18-17-8)7-16-6-10-5-11(14)3-4-13(10)15/h3-5,16H,6-7H2,1-2H3. The Kier molecular flexibility index (Phi) is 4.14. The summed E-state index contributed by atoms with van der Waals surface area (Å²) in [6, 6.07) is 4.92. The van der Waals surface area contributed by atoms with Crippen LogP contribution >= 0.6 is 15.9 Å². The third-order valence-corrected chi connectivity index (χ3v) is 3.30. The molecular weight excluding hydrogens is 299 g/mol. The summed E-state index contributed by atoms with van der Waals surface area (Å²) in [4.78, 5) is 0. The van der Waals surface area contributed by atoms with Crippen molar-refractivity contribution in [3.05, 3.63) is 51.1 Å². The van der Waals surface area contributed by atoms with Crippen LogP contribution in [0.15, 0.2) is 27.2 Å². The molecule has 1 aromatic carbocycles. The van der Waals surface area contributed by atoms with Crippen molar-refractivity contribution in [2.75, 3.05) is 0 Å². The van der Waals surface area contributed by atoms with Gasteiger partial charge in [-0.1, -0.05) is 21.1 Å². The van der Waals surface area contributed by atoms with E-state index in [1.807, 2.05) is 13.8 Å². The third kappa shape index (κ3) is 2.97. The maximum atomic E-state index is 13.5. The van der Waals surface area contributed by atoms with Crippen molar-refractivity contribution in [3.63, 3.8) is 0 Å². The molecule has 1 heterocycles. The smallest absolute Gasteiger partial charge is 0.138 e. The Morgan fingerprint density at radius 1 is 1.33 bits per heavy atom. The summed E-state index contributed by atoms with van der Waals surface area (Å²) in [5.74, 6) is 0.596. The molecule has 0 unspecified atom stereocenters. The molecule has 0 aliphatic rings. The van der Waals surface area contributed by atoms with E-state index >= 15 is 0 Å². The lowest BCUT2D eigenvalue weighted by molar-refractivity contribution is 0.392. The van der Waals surface area contributed by atoms with Crippen LogP contribution in [0, 0.1) is 19.7 Å². The van der Waals surface area contributed by atoms with Crippen molar-refractivity contribution in [1.82, 2.24) is 10.5 Å². The molecule has 0 spiro atoms. The predicted molar refractivity (Wildman–Crippen MR) is 70.6 cm³/mol. The maximum absolute atomic E-state index is 13.5. The van der Waals surface area contributed by atoms with E-state index in [1.165, 1.54) is 6.07 Å². The van der Waals surface area contributed by atoms with Crippen molar-refractivity contribution in [2.45, 2.75) is 26.9 Å². The van der Waals surface area contributed by atoms with Crippen molar-refractivity contribution in [1.29, 1.82) is 0 Å². The molecule has 2 aromatic rings. The highest BCUT2D eigenvalue weighted by Crippen LogP contribution is 2.16. The van der Waals surface area contributed by atoms with Gasteiger partial charge >= 0.3 is 0 Å². The molecule has 1 N–H and O–H groups in total. The normalized spacial score (nSPS) is 10.9. The van der Waals surface area contributed by atoms with Crippen molar-refractivity contribution in [2.24, 2.45) is 0 Å². The molecule has 0 radical (unpaired) electrons. The Morgan fingerprint density at radius 2 is 2.11 bits per heavy atom. The molecule has 3 nitrogen and oxygen atoms in total. The number of aromatic nitrogens is 1. The minimum absolute atomic E-state index is 0.204. The van der Waals surface area contributed by atoms with Crippen LogP contribution in [0.25, 0.3) is 0 Å². The molecule has 18 heavy (non-hydrogen) atoms. The van der Waals surface area contributed by atoms with Crippen LogP contribution in [0.1, 0.15) is 22.6 Å². The molecule has 96 valence electrons. The van der Waals surface area contributed by atoms with Crippen molar-refractivity contribution in [3.8, 4) is 0 Å². The fraction of sp³-hybridized carbons (Fsp3) is 0.308. The maximum Gasteiger partial charge on any atom is 0.138 e. The summed E-state index contributed by atoms with van der Waals surface area (Å²) < 4.78 is 19.4. The monoisotopic (exact) mass is 312 g/mol. The van der Waals surface area contributed by atoms with E-state index in [9.17, 15) is 4.39 Å². The SMILES string of the molecule is Cc1noc(C)c1CNCc1cc(Br)ccc1F. The summed E-state index contributed by atoms with van der Waals surface area (Å²) >= 11 is 3.33. The van der Waals surface area contributed by atoms with Gasteiger partial charge in [0.1, 0.15) is 11.6 Å². The Bertz CT molecular complexity index is 534. The number of rotatable bonds is 4. The summed E-state index contributed by atoms with van der Waals surface area (Å²) in [7, 11) is 0. The molecule has 2 rings (SSSR count). The van der Waals surface area contributed by atoms with Crippen LogP contribution in [0.3, 0.4) is 0 Å². The Hall–Kier alpha value is -1.20. The lowest BCUT2D eigenvalue weighted by Gasteiger charge is -2.06. The van der Waals surface area contributed by atoms with Gasteiger partial charge in [0, 0.05) is 28.7 Å². The minimum Gasteiger partial charge on any atom is -0.361 e. The predicted octanol–water partition coefficient (Wildman–Crippen LogP) is 3.48. The molecule has 1 aromatic heterocycles. The van der Waals surface area contributed by atoms with E-state index in [4.69, 9.17) is 4.52 Å². The van der Waals surface area contributed by atoms with Gasteiger partial charge in [-0.25, -0.2) is 4.39 Å². The molecular formula is C13H14BrFN2O. The second-order valence-corrected chi connectivity index (χ2v) is 5.06. The molecule has 0 saturated carbocycles. The number of nitrogens with one attached hydrogen (secondary N) is 1. The van der Waals surface area contributed by atoms with Crippen LogP contribution in [0.4, 0.5) is 4.39 Å². The number of benzene rings is 1. The first-order chi connectivity index (χ1) is 8.58. The summed E-state index contributed by atoms with van der Waals surface area (Å²) in [5.41, 5.74) is 2.54. The van der Waals surface area contributed by atoms with E-state index in [0.717, 1.165) is 21.5 Å². The molecule has 0 saturated heterocycles. The molecule has 0 aliphatic heterocycles. The highest BCUT2D eigenvalue weighted by molar-refractivity contribution is 9.10. The largest absolute Gasteiger partial charge is 0.361 e.